The van der Waals surface area contributed by atoms with Gasteiger partial charge in [0.05, 0.1) is 55.9 Å². The molecule has 1 amide bonds. The third kappa shape index (κ3) is 6.97. The van der Waals surface area contributed by atoms with E-state index in [4.69, 9.17) is 14.2 Å². The van der Waals surface area contributed by atoms with Crippen LogP contribution in [0.25, 0.3) is 0 Å². The van der Waals surface area contributed by atoms with Gasteiger partial charge in [0.1, 0.15) is 11.5 Å². The molecule has 2 saturated heterocycles. The molecule has 186 valence electrons. The van der Waals surface area contributed by atoms with E-state index >= 15 is 0 Å². The molecule has 0 spiro atoms. The standard InChI is InChI=1S/C23H37N3O6S/c1-4-8-26(18-7-13-33(28,29)17-18)16-23(27)24-19-14-22(32-6-3)20(15-21(19)31-5-2)25-9-11-30-12-10-25/h14-15,18H,4-13,16-17H2,1-3H3,(H,24,27). The minimum Gasteiger partial charge on any atom is -0.492 e. The van der Waals surface area contributed by atoms with Crippen molar-refractivity contribution in [1.82, 2.24) is 4.90 Å². The van der Waals surface area contributed by atoms with E-state index in [1.807, 2.05) is 37.8 Å². The maximum absolute atomic E-state index is 13.0. The van der Waals surface area contributed by atoms with E-state index in [0.29, 0.717) is 56.6 Å². The molecule has 9 nitrogen and oxygen atoms in total. The van der Waals surface area contributed by atoms with Gasteiger partial charge < -0.3 is 24.4 Å². The molecule has 1 aromatic carbocycles. The van der Waals surface area contributed by atoms with Crippen LogP contribution in [0.3, 0.4) is 0 Å². The number of rotatable bonds is 11. The highest BCUT2D eigenvalue weighted by molar-refractivity contribution is 7.91. The van der Waals surface area contributed by atoms with Gasteiger partial charge in [0.15, 0.2) is 9.84 Å². The molecule has 0 radical (unpaired) electrons. The predicted molar refractivity (Wildman–Crippen MR) is 129 cm³/mol. The summed E-state index contributed by atoms with van der Waals surface area (Å²) >= 11 is 0. The highest BCUT2D eigenvalue weighted by Gasteiger charge is 2.33. The molecule has 2 heterocycles. The summed E-state index contributed by atoms with van der Waals surface area (Å²) in [6.07, 6.45) is 1.42. The lowest BCUT2D eigenvalue weighted by Gasteiger charge is -2.31. The normalized spacial score (nSPS) is 20.1. The van der Waals surface area contributed by atoms with Gasteiger partial charge in [0, 0.05) is 31.3 Å². The number of carbonyl (C=O) groups excluding carboxylic acids is 1. The lowest BCUT2D eigenvalue weighted by Crippen LogP contribution is -2.42. The van der Waals surface area contributed by atoms with Crippen molar-refractivity contribution in [2.24, 2.45) is 0 Å². The lowest BCUT2D eigenvalue weighted by molar-refractivity contribution is -0.117. The topological polar surface area (TPSA) is 97.4 Å². The summed E-state index contributed by atoms with van der Waals surface area (Å²) in [6, 6.07) is 3.62. The van der Waals surface area contributed by atoms with Gasteiger partial charge in [-0.25, -0.2) is 8.42 Å². The van der Waals surface area contributed by atoms with Gasteiger partial charge in [-0.05, 0) is 33.2 Å². The van der Waals surface area contributed by atoms with Crippen molar-refractivity contribution in [3.05, 3.63) is 12.1 Å². The van der Waals surface area contributed by atoms with Crippen LogP contribution in [0.15, 0.2) is 12.1 Å². The third-order valence-corrected chi connectivity index (χ3v) is 7.62. The zero-order valence-corrected chi connectivity index (χ0v) is 20.8. The number of sulfone groups is 1. The van der Waals surface area contributed by atoms with Crippen LogP contribution in [0.1, 0.15) is 33.6 Å². The first-order chi connectivity index (χ1) is 15.9. The Hall–Kier alpha value is -2.04. The van der Waals surface area contributed by atoms with E-state index in [1.54, 1.807) is 0 Å². The Labute approximate surface area is 197 Å². The smallest absolute Gasteiger partial charge is 0.238 e. The Balaban J connectivity index is 1.79. The highest BCUT2D eigenvalue weighted by Crippen LogP contribution is 2.39. The summed E-state index contributed by atoms with van der Waals surface area (Å²) in [7, 11) is -3.02. The minimum atomic E-state index is -3.02. The maximum atomic E-state index is 13.0. The quantitative estimate of drug-likeness (QED) is 0.511. The van der Waals surface area contributed by atoms with Gasteiger partial charge in [0.25, 0.3) is 0 Å². The second-order valence-electron chi connectivity index (χ2n) is 8.36. The number of hydrogen-bond acceptors (Lipinski definition) is 8. The van der Waals surface area contributed by atoms with Gasteiger partial charge in [0.2, 0.25) is 5.91 Å². The van der Waals surface area contributed by atoms with Crippen LogP contribution < -0.4 is 19.7 Å². The number of benzene rings is 1. The molecule has 1 atom stereocenters. The Morgan fingerprint density at radius 2 is 1.85 bits per heavy atom. The van der Waals surface area contributed by atoms with Crippen LogP contribution in [0.2, 0.25) is 0 Å². The average Bonchev–Trinajstić information content (AvgIpc) is 3.15. The van der Waals surface area contributed by atoms with Gasteiger partial charge in [-0.15, -0.1) is 0 Å². The predicted octanol–water partition coefficient (Wildman–Crippen LogP) is 2.16. The number of anilines is 2. The second kappa shape index (κ2) is 11.9. The molecule has 0 aliphatic carbocycles. The van der Waals surface area contributed by atoms with Crippen molar-refractivity contribution in [2.45, 2.75) is 39.7 Å². The molecule has 0 saturated carbocycles. The molecule has 2 fully saturated rings. The summed E-state index contributed by atoms with van der Waals surface area (Å²) in [5.74, 6) is 1.38. The van der Waals surface area contributed by atoms with Crippen LogP contribution in [0.4, 0.5) is 11.4 Å². The van der Waals surface area contributed by atoms with E-state index in [2.05, 4.69) is 10.2 Å². The van der Waals surface area contributed by atoms with Crippen LogP contribution in [0.5, 0.6) is 11.5 Å². The SMILES string of the molecule is CCCN(CC(=O)Nc1cc(OCC)c(N2CCOCC2)cc1OCC)C1CCS(=O)(=O)C1. The zero-order valence-electron chi connectivity index (χ0n) is 20.0. The van der Waals surface area contributed by atoms with Crippen LogP contribution >= 0.6 is 0 Å². The fourth-order valence-electron chi connectivity index (χ4n) is 4.36. The van der Waals surface area contributed by atoms with Crippen molar-refractivity contribution in [1.29, 1.82) is 0 Å². The molecule has 1 unspecified atom stereocenters. The molecular formula is C23H37N3O6S. The van der Waals surface area contributed by atoms with E-state index in [9.17, 15) is 13.2 Å². The molecule has 0 aromatic heterocycles. The number of carbonyl (C=O) groups is 1. The fourth-order valence-corrected chi connectivity index (χ4v) is 6.12. The van der Waals surface area contributed by atoms with E-state index in [1.165, 1.54) is 0 Å². The van der Waals surface area contributed by atoms with Crippen molar-refractivity contribution in [2.75, 3.05) is 74.3 Å². The maximum Gasteiger partial charge on any atom is 0.238 e. The van der Waals surface area contributed by atoms with Crippen molar-refractivity contribution < 1.29 is 27.4 Å². The first kappa shape index (κ1) is 25.6. The first-order valence-corrected chi connectivity index (χ1v) is 13.7. The Morgan fingerprint density at radius 3 is 2.45 bits per heavy atom. The summed E-state index contributed by atoms with van der Waals surface area (Å²) in [5.41, 5.74) is 1.48. The summed E-state index contributed by atoms with van der Waals surface area (Å²) in [5, 5.41) is 2.98. The number of amides is 1. The van der Waals surface area contributed by atoms with Gasteiger partial charge in [-0.2, -0.15) is 0 Å². The molecule has 2 aliphatic heterocycles. The largest absolute Gasteiger partial charge is 0.492 e. The summed E-state index contributed by atoms with van der Waals surface area (Å²) < 4.78 is 41.1. The summed E-state index contributed by atoms with van der Waals surface area (Å²) in [6.45, 7) is 10.4. The molecular weight excluding hydrogens is 446 g/mol. The number of hydrogen-bond donors (Lipinski definition) is 1. The molecule has 0 bridgehead atoms. The average molecular weight is 484 g/mol. The molecule has 1 aromatic rings. The van der Waals surface area contributed by atoms with Gasteiger partial charge >= 0.3 is 0 Å². The molecule has 33 heavy (non-hydrogen) atoms. The minimum absolute atomic E-state index is 0.116. The van der Waals surface area contributed by atoms with Crippen molar-refractivity contribution in [3.8, 4) is 11.5 Å². The fraction of sp³-hybridized carbons (Fsp3) is 0.696. The van der Waals surface area contributed by atoms with Crippen LogP contribution in [0, 0.1) is 0 Å². The zero-order chi connectivity index (χ0) is 23.8. The Kier molecular flexibility index (Phi) is 9.22. The third-order valence-electron chi connectivity index (χ3n) is 5.87. The van der Waals surface area contributed by atoms with E-state index in [-0.39, 0.29) is 30.0 Å². The van der Waals surface area contributed by atoms with E-state index in [0.717, 1.165) is 25.2 Å². The monoisotopic (exact) mass is 483 g/mol. The molecule has 3 rings (SSSR count). The molecule has 1 N–H and O–H groups in total. The summed E-state index contributed by atoms with van der Waals surface area (Å²) in [4.78, 5) is 17.2. The first-order valence-electron chi connectivity index (χ1n) is 11.9. The lowest BCUT2D eigenvalue weighted by atomic mass is 10.2. The van der Waals surface area contributed by atoms with Crippen molar-refractivity contribution in [3.63, 3.8) is 0 Å². The number of nitrogens with one attached hydrogen (secondary N) is 1. The van der Waals surface area contributed by atoms with Crippen molar-refractivity contribution >= 4 is 27.1 Å². The van der Waals surface area contributed by atoms with Crippen LogP contribution in [-0.2, 0) is 19.4 Å². The van der Waals surface area contributed by atoms with Gasteiger partial charge in [-0.3, -0.25) is 9.69 Å². The second-order valence-corrected chi connectivity index (χ2v) is 10.6. The number of morpholine rings is 1. The number of ether oxygens (including phenoxy) is 3. The Morgan fingerprint density at radius 1 is 1.15 bits per heavy atom. The highest BCUT2D eigenvalue weighted by atomic mass is 32.2. The molecule has 10 heteroatoms. The number of nitrogens with zero attached hydrogens (tertiary/aromatic N) is 2. The van der Waals surface area contributed by atoms with E-state index < -0.39 is 9.84 Å². The van der Waals surface area contributed by atoms with Gasteiger partial charge in [-0.1, -0.05) is 6.92 Å². The Bertz CT molecular complexity index is 902. The van der Waals surface area contributed by atoms with Crippen LogP contribution in [-0.4, -0.2) is 89.4 Å². The molecule has 2 aliphatic rings.